The van der Waals surface area contributed by atoms with Crippen molar-refractivity contribution in [2.75, 3.05) is 12.8 Å². The summed E-state index contributed by atoms with van der Waals surface area (Å²) in [6.07, 6.45) is 3.39. The molecule has 2 aromatic carbocycles. The number of aromatic nitrogens is 1. The zero-order chi connectivity index (χ0) is 25.1. The molecule has 0 aliphatic heterocycles. The summed E-state index contributed by atoms with van der Waals surface area (Å²) in [4.78, 5) is 25.8. The smallest absolute Gasteiger partial charge is 0.248 e. The molecule has 3 N–H and O–H groups in total. The van der Waals surface area contributed by atoms with Gasteiger partial charge in [0.2, 0.25) is 5.56 Å². The first-order valence-corrected chi connectivity index (χ1v) is 12.9. The minimum Gasteiger partial charge on any atom is -0.506 e. The predicted octanol–water partition coefficient (Wildman–Crippen LogP) is 4.68. The molecule has 0 saturated heterocycles. The number of aromatic hydroxyl groups is 1. The Morgan fingerprint density at radius 1 is 1.12 bits per heavy atom. The first kappa shape index (κ1) is 26.0. The number of rotatable bonds is 9. The molecule has 34 heavy (non-hydrogen) atoms. The van der Waals surface area contributed by atoms with E-state index in [0.717, 1.165) is 29.2 Å². The maximum absolute atomic E-state index is 11.9. The van der Waals surface area contributed by atoms with Crippen molar-refractivity contribution in [3.63, 3.8) is 0 Å². The summed E-state index contributed by atoms with van der Waals surface area (Å²) in [6.45, 7) is 11.2. The second kappa shape index (κ2) is 10.3. The standard InChI is InChI=1S/C27H34N2O4S/c1-26(2,3)34(6)33-23(20-10-12-22(31)25-21(20)11-13-24(32)29-25)16-28-27(4,5)15-18-8-7-9-19(14-18)17-30/h7-14,17,23,28H,15-16H2,1-6H3,(H-,29,31,32)/p+1/t23-,34?/m0/s1. The number of hydrogen-bond donors (Lipinski definition) is 3. The van der Waals surface area contributed by atoms with Crippen molar-refractivity contribution in [2.24, 2.45) is 0 Å². The van der Waals surface area contributed by atoms with Gasteiger partial charge in [0, 0.05) is 29.1 Å². The minimum atomic E-state index is -0.354. The summed E-state index contributed by atoms with van der Waals surface area (Å²) in [5, 5.41) is 14.7. The number of nitrogens with one attached hydrogen (secondary N) is 2. The molecule has 0 saturated carbocycles. The molecule has 0 amide bonds. The Morgan fingerprint density at radius 2 is 1.85 bits per heavy atom. The molecule has 1 aromatic heterocycles. The Bertz CT molecular complexity index is 1210. The largest absolute Gasteiger partial charge is 0.506 e. The Labute approximate surface area is 204 Å². The van der Waals surface area contributed by atoms with E-state index in [1.807, 2.05) is 24.3 Å². The second-order valence-electron chi connectivity index (χ2n) is 10.2. The summed E-state index contributed by atoms with van der Waals surface area (Å²) in [7, 11) is 0. The Hall–Kier alpha value is -2.61. The number of aldehydes is 1. The molecule has 3 rings (SSSR count). The third-order valence-corrected chi connectivity index (χ3v) is 8.12. The van der Waals surface area contributed by atoms with Gasteiger partial charge in [0.05, 0.1) is 5.52 Å². The second-order valence-corrected chi connectivity index (χ2v) is 12.6. The van der Waals surface area contributed by atoms with E-state index in [-0.39, 0.29) is 38.9 Å². The zero-order valence-corrected chi connectivity index (χ0v) is 21.6. The fourth-order valence-corrected chi connectivity index (χ4v) is 4.58. The van der Waals surface area contributed by atoms with Crippen LogP contribution in [0, 0.1) is 0 Å². The van der Waals surface area contributed by atoms with Crippen LogP contribution in [0.5, 0.6) is 5.75 Å². The molecule has 0 radical (unpaired) electrons. The van der Waals surface area contributed by atoms with Gasteiger partial charge in [0.15, 0.2) is 10.9 Å². The molecular formula is C27H35N2O4S+. The topological polar surface area (TPSA) is 91.4 Å². The average Bonchev–Trinajstić information content (AvgIpc) is 2.76. The van der Waals surface area contributed by atoms with Gasteiger partial charge in [0.25, 0.3) is 0 Å². The summed E-state index contributed by atoms with van der Waals surface area (Å²) >= 11 is -0.354. The molecule has 6 nitrogen and oxygen atoms in total. The van der Waals surface area contributed by atoms with Crippen LogP contribution in [0.2, 0.25) is 0 Å². The van der Waals surface area contributed by atoms with Crippen LogP contribution in [0.15, 0.2) is 53.3 Å². The average molecular weight is 484 g/mol. The zero-order valence-electron chi connectivity index (χ0n) is 20.8. The summed E-state index contributed by atoms with van der Waals surface area (Å²) in [5.74, 6) is 0.0323. The van der Waals surface area contributed by atoms with Crippen LogP contribution in [0.4, 0.5) is 0 Å². The Morgan fingerprint density at radius 3 is 2.53 bits per heavy atom. The van der Waals surface area contributed by atoms with Gasteiger partial charge in [-0.15, -0.1) is 0 Å². The fourth-order valence-electron chi connectivity index (χ4n) is 3.77. The van der Waals surface area contributed by atoms with E-state index >= 15 is 0 Å². The number of hydrogen-bond acceptors (Lipinski definition) is 5. The number of pyridine rings is 1. The quantitative estimate of drug-likeness (QED) is 0.304. The van der Waals surface area contributed by atoms with Gasteiger partial charge >= 0.3 is 0 Å². The van der Waals surface area contributed by atoms with Crippen LogP contribution in [-0.4, -0.2) is 39.5 Å². The van der Waals surface area contributed by atoms with E-state index in [2.05, 4.69) is 51.2 Å². The van der Waals surface area contributed by atoms with Crippen LogP contribution < -0.4 is 10.9 Å². The van der Waals surface area contributed by atoms with Gasteiger partial charge in [-0.2, -0.15) is 4.18 Å². The van der Waals surface area contributed by atoms with Crippen LogP contribution in [0.25, 0.3) is 10.9 Å². The van der Waals surface area contributed by atoms with Crippen molar-refractivity contribution < 1.29 is 14.1 Å². The van der Waals surface area contributed by atoms with Crippen molar-refractivity contribution in [3.05, 3.63) is 75.6 Å². The lowest BCUT2D eigenvalue weighted by atomic mass is 9.93. The molecule has 0 aliphatic rings. The van der Waals surface area contributed by atoms with E-state index < -0.39 is 0 Å². The third-order valence-electron chi connectivity index (χ3n) is 5.88. The maximum Gasteiger partial charge on any atom is 0.248 e. The molecular weight excluding hydrogens is 448 g/mol. The lowest BCUT2D eigenvalue weighted by Crippen LogP contribution is -2.44. The van der Waals surface area contributed by atoms with E-state index in [1.165, 1.54) is 6.07 Å². The van der Waals surface area contributed by atoms with E-state index in [4.69, 9.17) is 4.18 Å². The van der Waals surface area contributed by atoms with Crippen LogP contribution >= 0.6 is 0 Å². The molecule has 7 heteroatoms. The number of carbonyl (C=O) groups is 1. The number of benzene rings is 2. The minimum absolute atomic E-state index is 0.0323. The van der Waals surface area contributed by atoms with Gasteiger partial charge in [0.1, 0.15) is 29.5 Å². The Kier molecular flexibility index (Phi) is 7.91. The maximum atomic E-state index is 11.9. The summed E-state index contributed by atoms with van der Waals surface area (Å²) in [6, 6.07) is 14.3. The highest BCUT2D eigenvalue weighted by Gasteiger charge is 2.36. The number of fused-ring (bicyclic) bond motifs is 1. The lowest BCUT2D eigenvalue weighted by Gasteiger charge is -2.30. The van der Waals surface area contributed by atoms with Crippen LogP contribution in [0.3, 0.4) is 0 Å². The molecule has 182 valence electrons. The molecule has 1 unspecified atom stereocenters. The first-order valence-electron chi connectivity index (χ1n) is 11.4. The number of carbonyl (C=O) groups excluding carboxylic acids is 1. The van der Waals surface area contributed by atoms with Crippen molar-refractivity contribution in [1.29, 1.82) is 0 Å². The van der Waals surface area contributed by atoms with E-state index in [1.54, 1.807) is 18.2 Å². The molecule has 0 bridgehead atoms. The first-order chi connectivity index (χ1) is 15.9. The summed E-state index contributed by atoms with van der Waals surface area (Å²) in [5.41, 5.74) is 2.53. The van der Waals surface area contributed by atoms with Crippen molar-refractivity contribution >= 4 is 28.4 Å². The lowest BCUT2D eigenvalue weighted by molar-refractivity contribution is 0.112. The molecule has 0 fully saturated rings. The predicted molar refractivity (Wildman–Crippen MR) is 141 cm³/mol. The normalized spacial score (nSPS) is 14.2. The highest BCUT2D eigenvalue weighted by atomic mass is 32.2. The van der Waals surface area contributed by atoms with Crippen molar-refractivity contribution in [2.45, 2.75) is 57.4 Å². The number of aromatic amines is 1. The number of H-pyrrole nitrogens is 1. The van der Waals surface area contributed by atoms with Gasteiger partial charge in [-0.05, 0) is 70.4 Å². The monoisotopic (exact) mass is 483 g/mol. The van der Waals surface area contributed by atoms with Crippen LogP contribution in [-0.2, 0) is 21.8 Å². The highest BCUT2D eigenvalue weighted by Crippen LogP contribution is 2.33. The highest BCUT2D eigenvalue weighted by molar-refractivity contribution is 7.93. The molecule has 3 aromatic rings. The van der Waals surface area contributed by atoms with Gasteiger partial charge in [-0.3, -0.25) is 9.59 Å². The van der Waals surface area contributed by atoms with Crippen molar-refractivity contribution in [3.8, 4) is 5.75 Å². The third kappa shape index (κ3) is 6.50. The van der Waals surface area contributed by atoms with E-state index in [9.17, 15) is 14.7 Å². The Balaban J connectivity index is 1.91. The fraction of sp³-hybridized carbons (Fsp3) is 0.407. The SMILES string of the molecule is C[S+](O[C@@H](CNC(C)(C)Cc1cccc(C=O)c1)c1ccc(O)c2[nH]c(=O)ccc12)C(C)(C)C. The van der Waals surface area contributed by atoms with Crippen LogP contribution in [0.1, 0.15) is 62.2 Å². The van der Waals surface area contributed by atoms with E-state index in [0.29, 0.717) is 17.6 Å². The number of phenols is 1. The van der Waals surface area contributed by atoms with Crippen molar-refractivity contribution in [1.82, 2.24) is 10.3 Å². The molecule has 0 spiro atoms. The van der Waals surface area contributed by atoms with Gasteiger partial charge in [-0.25, -0.2) is 0 Å². The molecule has 2 atom stereocenters. The van der Waals surface area contributed by atoms with Gasteiger partial charge < -0.3 is 15.4 Å². The van der Waals surface area contributed by atoms with Gasteiger partial charge in [-0.1, -0.05) is 24.3 Å². The number of phenolic OH excluding ortho intramolecular Hbond substituents is 1. The summed E-state index contributed by atoms with van der Waals surface area (Å²) < 4.78 is 6.57. The molecule has 1 heterocycles. The molecule has 0 aliphatic carbocycles.